The van der Waals surface area contributed by atoms with Gasteiger partial charge in [-0.25, -0.2) is 8.42 Å². The van der Waals surface area contributed by atoms with Crippen LogP contribution in [0.25, 0.3) is 0 Å². The minimum absolute atomic E-state index is 0.188. The molecule has 2 rings (SSSR count). The highest BCUT2D eigenvalue weighted by Gasteiger charge is 2.35. The molecule has 0 bridgehead atoms. The third-order valence-electron chi connectivity index (χ3n) is 3.46. The number of nitrogens with zero attached hydrogens (tertiary/aromatic N) is 1. The predicted octanol–water partition coefficient (Wildman–Crippen LogP) is 2.26. The molecule has 0 radical (unpaired) electrons. The Morgan fingerprint density at radius 1 is 1.42 bits per heavy atom. The SMILES string of the molecule is C[C@H](O)[C@H]1CCCCN1S(=O)(=O)c1cccc(Cl)c1. The second-order valence-electron chi connectivity index (χ2n) is 4.88. The van der Waals surface area contributed by atoms with E-state index in [1.807, 2.05) is 0 Å². The average Bonchev–Trinajstić information content (AvgIpc) is 2.38. The minimum atomic E-state index is -3.59. The molecule has 1 heterocycles. The van der Waals surface area contributed by atoms with E-state index in [0.29, 0.717) is 18.0 Å². The summed E-state index contributed by atoms with van der Waals surface area (Å²) in [5, 5.41) is 10.2. The zero-order valence-corrected chi connectivity index (χ0v) is 12.4. The molecule has 2 atom stereocenters. The van der Waals surface area contributed by atoms with Crippen LogP contribution in [-0.2, 0) is 10.0 Å². The molecule has 1 N–H and O–H groups in total. The molecule has 1 aromatic carbocycles. The van der Waals surface area contributed by atoms with Gasteiger partial charge in [-0.15, -0.1) is 0 Å². The Hall–Kier alpha value is -0.620. The lowest BCUT2D eigenvalue weighted by Gasteiger charge is -2.36. The van der Waals surface area contributed by atoms with Gasteiger partial charge < -0.3 is 5.11 Å². The molecule has 19 heavy (non-hydrogen) atoms. The highest BCUT2D eigenvalue weighted by molar-refractivity contribution is 7.89. The van der Waals surface area contributed by atoms with E-state index in [4.69, 9.17) is 11.6 Å². The number of hydrogen-bond donors (Lipinski definition) is 1. The molecule has 106 valence electrons. The molecule has 0 unspecified atom stereocenters. The lowest BCUT2D eigenvalue weighted by molar-refractivity contribution is 0.0831. The van der Waals surface area contributed by atoms with Gasteiger partial charge in [-0.2, -0.15) is 4.31 Å². The van der Waals surface area contributed by atoms with Gasteiger partial charge in [0, 0.05) is 11.6 Å². The van der Waals surface area contributed by atoms with Crippen molar-refractivity contribution in [3.63, 3.8) is 0 Å². The van der Waals surface area contributed by atoms with Crippen LogP contribution < -0.4 is 0 Å². The van der Waals surface area contributed by atoms with Crippen LogP contribution in [0.15, 0.2) is 29.2 Å². The van der Waals surface area contributed by atoms with Crippen LogP contribution in [0.4, 0.5) is 0 Å². The van der Waals surface area contributed by atoms with E-state index in [1.165, 1.54) is 16.4 Å². The van der Waals surface area contributed by atoms with Gasteiger partial charge in [-0.05, 0) is 38.0 Å². The number of rotatable bonds is 3. The molecule has 4 nitrogen and oxygen atoms in total. The number of aliphatic hydroxyl groups excluding tert-OH is 1. The molecule has 0 aromatic heterocycles. The maximum atomic E-state index is 12.6. The van der Waals surface area contributed by atoms with E-state index < -0.39 is 16.1 Å². The van der Waals surface area contributed by atoms with Crippen molar-refractivity contribution in [1.82, 2.24) is 4.31 Å². The molecular formula is C13H18ClNO3S. The van der Waals surface area contributed by atoms with Crippen LogP contribution in [-0.4, -0.2) is 36.5 Å². The topological polar surface area (TPSA) is 57.6 Å². The summed E-state index contributed by atoms with van der Waals surface area (Å²) in [5.74, 6) is 0. The fourth-order valence-electron chi connectivity index (χ4n) is 2.47. The Labute approximate surface area is 119 Å². The quantitative estimate of drug-likeness (QED) is 0.932. The standard InChI is InChI=1S/C13H18ClNO3S/c1-10(16)13-7-2-3-8-15(13)19(17,18)12-6-4-5-11(14)9-12/h4-6,9-10,13,16H,2-3,7-8H2,1H3/t10-,13+/m0/s1. The van der Waals surface area contributed by atoms with Crippen LogP contribution in [0, 0.1) is 0 Å². The van der Waals surface area contributed by atoms with Gasteiger partial charge in [-0.1, -0.05) is 24.1 Å². The number of sulfonamides is 1. The fourth-order valence-corrected chi connectivity index (χ4v) is 4.53. The van der Waals surface area contributed by atoms with E-state index in [9.17, 15) is 13.5 Å². The van der Waals surface area contributed by atoms with Gasteiger partial charge >= 0.3 is 0 Å². The highest BCUT2D eigenvalue weighted by atomic mass is 35.5. The first-order valence-electron chi connectivity index (χ1n) is 6.38. The number of benzene rings is 1. The normalized spacial score (nSPS) is 23.2. The number of halogens is 1. The lowest BCUT2D eigenvalue weighted by atomic mass is 10.0. The first-order valence-corrected chi connectivity index (χ1v) is 8.20. The van der Waals surface area contributed by atoms with Crippen LogP contribution in [0.5, 0.6) is 0 Å². The Morgan fingerprint density at radius 3 is 2.79 bits per heavy atom. The second-order valence-corrected chi connectivity index (χ2v) is 7.20. The molecule has 0 aliphatic carbocycles. The van der Waals surface area contributed by atoms with Gasteiger partial charge in [0.15, 0.2) is 0 Å². The van der Waals surface area contributed by atoms with Crippen LogP contribution in [0.1, 0.15) is 26.2 Å². The van der Waals surface area contributed by atoms with Gasteiger partial charge in [-0.3, -0.25) is 0 Å². The van der Waals surface area contributed by atoms with E-state index in [1.54, 1.807) is 19.1 Å². The molecule has 1 fully saturated rings. The Kier molecular flexibility index (Phi) is 4.50. The number of aliphatic hydroxyl groups is 1. The molecular weight excluding hydrogens is 286 g/mol. The second kappa shape index (κ2) is 5.79. The smallest absolute Gasteiger partial charge is 0.243 e. The maximum absolute atomic E-state index is 12.6. The third kappa shape index (κ3) is 3.11. The Balaban J connectivity index is 2.37. The Bertz CT molecular complexity index is 545. The fraction of sp³-hybridized carbons (Fsp3) is 0.538. The van der Waals surface area contributed by atoms with E-state index in [-0.39, 0.29) is 10.9 Å². The molecule has 1 saturated heterocycles. The van der Waals surface area contributed by atoms with E-state index in [2.05, 4.69) is 0 Å². The van der Waals surface area contributed by atoms with Crippen molar-refractivity contribution in [3.05, 3.63) is 29.3 Å². The molecule has 6 heteroatoms. The summed E-state index contributed by atoms with van der Waals surface area (Å²) in [7, 11) is -3.59. The maximum Gasteiger partial charge on any atom is 0.243 e. The van der Waals surface area contributed by atoms with Gasteiger partial charge in [0.25, 0.3) is 0 Å². The van der Waals surface area contributed by atoms with Crippen LogP contribution in [0.3, 0.4) is 0 Å². The molecule has 0 amide bonds. The summed E-state index contributed by atoms with van der Waals surface area (Å²) in [5.41, 5.74) is 0. The zero-order chi connectivity index (χ0) is 14.0. The third-order valence-corrected chi connectivity index (χ3v) is 5.61. The van der Waals surface area contributed by atoms with Crippen LogP contribution in [0.2, 0.25) is 5.02 Å². The first kappa shape index (κ1) is 14.8. The van der Waals surface area contributed by atoms with Crippen molar-refractivity contribution in [3.8, 4) is 0 Å². The average molecular weight is 304 g/mol. The molecule has 0 spiro atoms. The molecule has 1 aliphatic rings. The number of hydrogen-bond acceptors (Lipinski definition) is 3. The predicted molar refractivity (Wildman–Crippen MR) is 74.7 cm³/mol. The van der Waals surface area contributed by atoms with E-state index in [0.717, 1.165) is 12.8 Å². The number of piperidine rings is 1. The zero-order valence-electron chi connectivity index (χ0n) is 10.8. The molecule has 1 aliphatic heterocycles. The largest absolute Gasteiger partial charge is 0.392 e. The first-order chi connectivity index (χ1) is 8.93. The van der Waals surface area contributed by atoms with Crippen LogP contribution >= 0.6 is 11.6 Å². The highest BCUT2D eigenvalue weighted by Crippen LogP contribution is 2.28. The summed E-state index contributed by atoms with van der Waals surface area (Å²) in [6.07, 6.45) is 1.78. The van der Waals surface area contributed by atoms with Crippen molar-refractivity contribution < 1.29 is 13.5 Å². The van der Waals surface area contributed by atoms with Crippen molar-refractivity contribution in [2.24, 2.45) is 0 Å². The van der Waals surface area contributed by atoms with Crippen molar-refractivity contribution in [1.29, 1.82) is 0 Å². The van der Waals surface area contributed by atoms with Gasteiger partial charge in [0.2, 0.25) is 10.0 Å². The monoisotopic (exact) mass is 303 g/mol. The van der Waals surface area contributed by atoms with Crippen molar-refractivity contribution in [2.45, 2.75) is 43.2 Å². The molecule has 1 aromatic rings. The summed E-state index contributed by atoms with van der Waals surface area (Å²) in [6, 6.07) is 5.90. The van der Waals surface area contributed by atoms with E-state index >= 15 is 0 Å². The summed E-state index contributed by atoms with van der Waals surface area (Å²) >= 11 is 5.86. The van der Waals surface area contributed by atoms with Gasteiger partial charge in [0.1, 0.15) is 0 Å². The minimum Gasteiger partial charge on any atom is -0.392 e. The summed E-state index contributed by atoms with van der Waals surface area (Å²) in [6.45, 7) is 2.08. The molecule has 0 saturated carbocycles. The van der Waals surface area contributed by atoms with Crippen molar-refractivity contribution in [2.75, 3.05) is 6.54 Å². The Morgan fingerprint density at radius 2 is 2.16 bits per heavy atom. The van der Waals surface area contributed by atoms with Gasteiger partial charge in [0.05, 0.1) is 17.0 Å². The summed E-state index contributed by atoms with van der Waals surface area (Å²) < 4.78 is 26.6. The summed E-state index contributed by atoms with van der Waals surface area (Å²) in [4.78, 5) is 0.188. The lowest BCUT2D eigenvalue weighted by Crippen LogP contribution is -2.48. The van der Waals surface area contributed by atoms with Crippen molar-refractivity contribution >= 4 is 21.6 Å².